The number of hydrogen-bond acceptors (Lipinski definition) is 3. The van der Waals surface area contributed by atoms with Crippen molar-refractivity contribution in [1.29, 1.82) is 0 Å². The first kappa shape index (κ1) is 17.0. The molecule has 0 fully saturated rings. The molecule has 0 aromatic heterocycles. The first-order valence-electron chi connectivity index (χ1n) is 6.92. The van der Waals surface area contributed by atoms with Gasteiger partial charge in [-0.1, -0.05) is 39.0 Å². The number of para-hydroxylation sites is 1. The smallest absolute Gasteiger partial charge is 0.326 e. The highest BCUT2D eigenvalue weighted by molar-refractivity contribution is 5.84. The molecule has 0 radical (unpaired) electrons. The Hall–Kier alpha value is -2.04. The van der Waals surface area contributed by atoms with Gasteiger partial charge in [0.2, 0.25) is 5.91 Å². The third-order valence-corrected chi connectivity index (χ3v) is 3.10. The number of benzene rings is 1. The minimum absolute atomic E-state index is 0.119. The summed E-state index contributed by atoms with van der Waals surface area (Å²) in [5.74, 6) is -0.627. The number of aliphatic carboxylic acids is 1. The fraction of sp³-hybridized carbons (Fsp3) is 0.500. The van der Waals surface area contributed by atoms with Crippen molar-refractivity contribution in [3.63, 3.8) is 0 Å². The van der Waals surface area contributed by atoms with Crippen LogP contribution in [-0.2, 0) is 9.59 Å². The van der Waals surface area contributed by atoms with Crippen LogP contribution in [0.2, 0.25) is 0 Å². The second-order valence-electron chi connectivity index (χ2n) is 6.07. The van der Waals surface area contributed by atoms with Gasteiger partial charge in [0.05, 0.1) is 13.0 Å². The van der Waals surface area contributed by atoms with Crippen molar-refractivity contribution in [2.75, 3.05) is 6.61 Å². The van der Waals surface area contributed by atoms with Gasteiger partial charge in [0.25, 0.3) is 0 Å². The van der Waals surface area contributed by atoms with Gasteiger partial charge in [0.15, 0.2) is 0 Å². The minimum atomic E-state index is -1.03. The van der Waals surface area contributed by atoms with Crippen molar-refractivity contribution < 1.29 is 19.4 Å². The van der Waals surface area contributed by atoms with E-state index in [1.807, 2.05) is 31.2 Å². The molecule has 0 saturated carbocycles. The van der Waals surface area contributed by atoms with Gasteiger partial charge in [-0.2, -0.15) is 0 Å². The lowest BCUT2D eigenvalue weighted by Gasteiger charge is -2.27. The molecule has 1 rings (SSSR count). The van der Waals surface area contributed by atoms with Crippen LogP contribution in [0.15, 0.2) is 24.3 Å². The second kappa shape index (κ2) is 7.11. The number of hydrogen-bond donors (Lipinski definition) is 2. The maximum atomic E-state index is 11.8. The largest absolute Gasteiger partial charge is 0.493 e. The van der Waals surface area contributed by atoms with E-state index in [0.29, 0.717) is 0 Å². The number of nitrogens with one attached hydrogen (secondary N) is 1. The predicted octanol–water partition coefficient (Wildman–Crippen LogP) is 2.38. The van der Waals surface area contributed by atoms with Crippen LogP contribution in [0, 0.1) is 12.3 Å². The van der Waals surface area contributed by atoms with Crippen molar-refractivity contribution in [3.8, 4) is 5.75 Å². The minimum Gasteiger partial charge on any atom is -0.493 e. The monoisotopic (exact) mass is 293 g/mol. The first-order valence-corrected chi connectivity index (χ1v) is 6.92. The van der Waals surface area contributed by atoms with Crippen LogP contribution in [0.25, 0.3) is 0 Å². The number of carbonyl (C=O) groups excluding carboxylic acids is 1. The summed E-state index contributed by atoms with van der Waals surface area (Å²) in [6.45, 7) is 7.46. The van der Waals surface area contributed by atoms with Gasteiger partial charge in [-0.25, -0.2) is 4.79 Å². The third kappa shape index (κ3) is 5.45. The van der Waals surface area contributed by atoms with E-state index in [0.717, 1.165) is 11.3 Å². The second-order valence-corrected chi connectivity index (χ2v) is 6.07. The molecule has 0 bridgehead atoms. The number of ether oxygens (including phenoxy) is 1. The van der Waals surface area contributed by atoms with Crippen molar-refractivity contribution in [1.82, 2.24) is 5.32 Å². The fourth-order valence-corrected chi connectivity index (χ4v) is 1.85. The molecular formula is C16H23NO4. The molecule has 1 amide bonds. The van der Waals surface area contributed by atoms with Crippen LogP contribution in [0.1, 0.15) is 32.8 Å². The number of carbonyl (C=O) groups is 2. The summed E-state index contributed by atoms with van der Waals surface area (Å²) in [7, 11) is 0. The van der Waals surface area contributed by atoms with Crippen molar-refractivity contribution in [2.24, 2.45) is 5.41 Å². The van der Waals surface area contributed by atoms with Crippen molar-refractivity contribution >= 4 is 11.9 Å². The van der Waals surface area contributed by atoms with E-state index in [1.54, 1.807) is 20.8 Å². The van der Waals surface area contributed by atoms with Gasteiger partial charge in [-0.3, -0.25) is 4.79 Å². The Labute approximate surface area is 125 Å². The quantitative estimate of drug-likeness (QED) is 0.844. The number of rotatable bonds is 6. The van der Waals surface area contributed by atoms with Crippen molar-refractivity contribution in [2.45, 2.75) is 40.2 Å². The standard InChI is InChI=1S/C16H23NO4/c1-11-7-5-6-8-12(11)21-10-9-13(18)17-14(15(19)20)16(2,3)4/h5-8,14H,9-10H2,1-4H3,(H,17,18)(H,19,20)/t14-/m1/s1. The summed E-state index contributed by atoms with van der Waals surface area (Å²) in [5.41, 5.74) is 0.453. The number of aryl methyl sites for hydroxylation is 1. The lowest BCUT2D eigenvalue weighted by molar-refractivity contribution is -0.145. The van der Waals surface area contributed by atoms with Gasteiger partial charge in [0, 0.05) is 0 Å². The normalized spacial score (nSPS) is 12.6. The molecule has 1 atom stereocenters. The molecule has 0 unspecified atom stereocenters. The van der Waals surface area contributed by atoms with Gasteiger partial charge < -0.3 is 15.2 Å². The Bertz CT molecular complexity index is 505. The zero-order chi connectivity index (χ0) is 16.0. The molecule has 2 N–H and O–H groups in total. The Balaban J connectivity index is 2.47. The summed E-state index contributed by atoms with van der Waals surface area (Å²) >= 11 is 0. The highest BCUT2D eigenvalue weighted by Crippen LogP contribution is 2.20. The van der Waals surface area contributed by atoms with Crippen molar-refractivity contribution in [3.05, 3.63) is 29.8 Å². The van der Waals surface area contributed by atoms with E-state index >= 15 is 0 Å². The Morgan fingerprint density at radius 3 is 2.43 bits per heavy atom. The summed E-state index contributed by atoms with van der Waals surface area (Å²) in [5, 5.41) is 11.7. The Kier molecular flexibility index (Phi) is 5.76. The van der Waals surface area contributed by atoms with Crippen LogP contribution in [0.4, 0.5) is 0 Å². The molecular weight excluding hydrogens is 270 g/mol. The average molecular weight is 293 g/mol. The predicted molar refractivity (Wildman–Crippen MR) is 80.3 cm³/mol. The topological polar surface area (TPSA) is 75.6 Å². The van der Waals surface area contributed by atoms with E-state index in [1.165, 1.54) is 0 Å². The van der Waals surface area contributed by atoms with Crippen LogP contribution >= 0.6 is 0 Å². The Morgan fingerprint density at radius 1 is 1.29 bits per heavy atom. The lowest BCUT2D eigenvalue weighted by atomic mass is 9.86. The highest BCUT2D eigenvalue weighted by Gasteiger charge is 2.32. The molecule has 0 aliphatic rings. The van der Waals surface area contributed by atoms with Gasteiger partial charge in [0.1, 0.15) is 11.8 Å². The zero-order valence-corrected chi connectivity index (χ0v) is 13.0. The molecule has 0 saturated heterocycles. The van der Waals surface area contributed by atoms with E-state index in [4.69, 9.17) is 9.84 Å². The molecule has 0 heterocycles. The van der Waals surface area contributed by atoms with Crippen LogP contribution in [0.5, 0.6) is 5.75 Å². The maximum Gasteiger partial charge on any atom is 0.326 e. The SMILES string of the molecule is Cc1ccccc1OCCC(=O)N[C@H](C(=O)O)C(C)(C)C. The van der Waals surface area contributed by atoms with Gasteiger partial charge in [-0.05, 0) is 24.0 Å². The van der Waals surface area contributed by atoms with Crippen LogP contribution < -0.4 is 10.1 Å². The molecule has 1 aromatic rings. The summed E-state index contributed by atoms with van der Waals surface area (Å²) < 4.78 is 5.53. The third-order valence-electron chi connectivity index (χ3n) is 3.10. The molecule has 1 aromatic carbocycles. The summed E-state index contributed by atoms with van der Waals surface area (Å²) in [4.78, 5) is 23.0. The highest BCUT2D eigenvalue weighted by atomic mass is 16.5. The summed E-state index contributed by atoms with van der Waals surface area (Å²) in [6.07, 6.45) is 0.119. The number of carboxylic acids is 1. The summed E-state index contributed by atoms with van der Waals surface area (Å²) in [6, 6.07) is 6.62. The lowest BCUT2D eigenvalue weighted by Crippen LogP contribution is -2.49. The zero-order valence-electron chi connectivity index (χ0n) is 13.0. The van der Waals surface area contributed by atoms with Crippen LogP contribution in [-0.4, -0.2) is 29.6 Å². The van der Waals surface area contributed by atoms with Gasteiger partial charge >= 0.3 is 5.97 Å². The van der Waals surface area contributed by atoms with E-state index in [9.17, 15) is 9.59 Å². The molecule has 5 nitrogen and oxygen atoms in total. The maximum absolute atomic E-state index is 11.8. The van der Waals surface area contributed by atoms with E-state index in [-0.39, 0.29) is 18.9 Å². The molecule has 0 spiro atoms. The molecule has 116 valence electrons. The van der Waals surface area contributed by atoms with E-state index < -0.39 is 17.4 Å². The molecule has 0 aliphatic carbocycles. The number of carboxylic acid groups (broad SMARTS) is 1. The first-order chi connectivity index (χ1) is 9.71. The number of amides is 1. The van der Waals surface area contributed by atoms with Gasteiger partial charge in [-0.15, -0.1) is 0 Å². The molecule has 5 heteroatoms. The Morgan fingerprint density at radius 2 is 1.90 bits per heavy atom. The fourth-order valence-electron chi connectivity index (χ4n) is 1.85. The average Bonchev–Trinajstić information content (AvgIpc) is 2.36. The van der Waals surface area contributed by atoms with Crippen LogP contribution in [0.3, 0.4) is 0 Å². The molecule has 0 aliphatic heterocycles. The van der Waals surface area contributed by atoms with E-state index in [2.05, 4.69) is 5.32 Å². The molecule has 21 heavy (non-hydrogen) atoms.